The average Bonchev–Trinajstić information content (AvgIpc) is 3.35. The second-order valence-electron chi connectivity index (χ2n) is 7.06. The van der Waals surface area contributed by atoms with E-state index in [9.17, 15) is 4.39 Å². The number of hydrogen-bond acceptors (Lipinski definition) is 2. The number of halogens is 1. The Morgan fingerprint density at radius 3 is 2.67 bits per heavy atom. The molecule has 5 nitrogen and oxygen atoms in total. The number of H-pyrrole nitrogens is 1. The molecule has 0 spiro atoms. The highest BCUT2D eigenvalue weighted by Crippen LogP contribution is 2.48. The van der Waals surface area contributed by atoms with Crippen molar-refractivity contribution >= 4 is 17.0 Å². The maximum Gasteiger partial charge on any atom is 0.191 e. The summed E-state index contributed by atoms with van der Waals surface area (Å²) >= 11 is 0. The van der Waals surface area contributed by atoms with Crippen molar-refractivity contribution in [2.45, 2.75) is 24.7 Å². The van der Waals surface area contributed by atoms with Crippen LogP contribution in [0.4, 0.5) is 4.39 Å². The number of aliphatic imine (C=N–C) groups is 1. The highest BCUT2D eigenvalue weighted by atomic mass is 19.1. The van der Waals surface area contributed by atoms with Crippen molar-refractivity contribution in [2.24, 2.45) is 4.99 Å². The summed E-state index contributed by atoms with van der Waals surface area (Å²) in [6.45, 7) is 1.39. The fraction of sp³-hybridized carbons (Fsp3) is 0.333. The van der Waals surface area contributed by atoms with E-state index in [0.29, 0.717) is 13.1 Å². The summed E-state index contributed by atoms with van der Waals surface area (Å²) in [4.78, 5) is 12.2. The van der Waals surface area contributed by atoms with Crippen LogP contribution in [-0.4, -0.2) is 36.1 Å². The number of hydrogen-bond donors (Lipinski definition) is 3. The Bertz CT molecular complexity index is 925. The van der Waals surface area contributed by atoms with Gasteiger partial charge in [-0.15, -0.1) is 0 Å². The van der Waals surface area contributed by atoms with Crippen LogP contribution in [0.25, 0.3) is 11.0 Å². The molecule has 1 aliphatic rings. The minimum absolute atomic E-state index is 0.109. The Morgan fingerprint density at radius 2 is 1.93 bits per heavy atom. The van der Waals surface area contributed by atoms with E-state index in [-0.39, 0.29) is 11.2 Å². The summed E-state index contributed by atoms with van der Waals surface area (Å²) < 4.78 is 14.1. The van der Waals surface area contributed by atoms with Crippen molar-refractivity contribution in [1.29, 1.82) is 0 Å². The van der Waals surface area contributed by atoms with Crippen LogP contribution in [0.2, 0.25) is 0 Å². The Balaban J connectivity index is 1.30. The van der Waals surface area contributed by atoms with Gasteiger partial charge in [0, 0.05) is 32.0 Å². The predicted octanol–water partition coefficient (Wildman–Crippen LogP) is 3.14. The van der Waals surface area contributed by atoms with Gasteiger partial charge in [0.1, 0.15) is 11.6 Å². The first-order valence-electron chi connectivity index (χ1n) is 9.33. The third kappa shape index (κ3) is 3.79. The van der Waals surface area contributed by atoms with Crippen LogP contribution in [-0.2, 0) is 11.8 Å². The van der Waals surface area contributed by atoms with E-state index in [4.69, 9.17) is 0 Å². The minimum atomic E-state index is -0.121. The largest absolute Gasteiger partial charge is 0.356 e. The first-order chi connectivity index (χ1) is 13.2. The molecular formula is C21H24FN5. The lowest BCUT2D eigenvalue weighted by Crippen LogP contribution is -2.42. The molecule has 1 fully saturated rings. The number of nitrogens with one attached hydrogen (secondary N) is 3. The van der Waals surface area contributed by atoms with Crippen molar-refractivity contribution in [1.82, 2.24) is 20.6 Å². The molecule has 0 bridgehead atoms. The molecule has 3 N–H and O–H groups in total. The molecule has 6 heteroatoms. The Kier molecular flexibility index (Phi) is 4.79. The number of aromatic amines is 1. The average molecular weight is 365 g/mol. The van der Waals surface area contributed by atoms with Gasteiger partial charge in [-0.05, 0) is 36.6 Å². The first kappa shape index (κ1) is 17.5. The molecule has 0 unspecified atom stereocenters. The van der Waals surface area contributed by atoms with E-state index in [1.54, 1.807) is 13.1 Å². The standard InChI is InChI=1S/C21H24FN5/c1-23-20(24-13-10-19-26-17-8-4-5-9-18(17)27-19)25-14-21(11-12-21)15-6-2-3-7-16(15)22/h2-9H,10-14H2,1H3,(H,26,27)(H2,23,24,25). The summed E-state index contributed by atoms with van der Waals surface area (Å²) in [6, 6.07) is 15.1. The first-order valence-corrected chi connectivity index (χ1v) is 9.33. The molecule has 0 amide bonds. The number of nitrogens with zero attached hydrogens (tertiary/aromatic N) is 2. The van der Waals surface area contributed by atoms with E-state index in [2.05, 4.69) is 25.6 Å². The molecule has 0 radical (unpaired) electrons. The summed E-state index contributed by atoms with van der Waals surface area (Å²) in [6.07, 6.45) is 2.77. The summed E-state index contributed by atoms with van der Waals surface area (Å²) in [5.74, 6) is 1.56. The maximum atomic E-state index is 14.1. The van der Waals surface area contributed by atoms with E-state index in [1.807, 2.05) is 36.4 Å². The van der Waals surface area contributed by atoms with Crippen molar-refractivity contribution in [3.8, 4) is 0 Å². The van der Waals surface area contributed by atoms with Crippen molar-refractivity contribution in [2.75, 3.05) is 20.1 Å². The number of para-hydroxylation sites is 2. The Labute approximate surface area is 158 Å². The SMILES string of the molecule is CN=C(NCCc1nc2ccccc2[nH]1)NCC1(c2ccccc2F)CC1. The predicted molar refractivity (Wildman–Crippen MR) is 106 cm³/mol. The van der Waals surface area contributed by atoms with Gasteiger partial charge in [-0.1, -0.05) is 30.3 Å². The number of imidazole rings is 1. The molecule has 1 aromatic heterocycles. The number of benzene rings is 2. The molecule has 4 rings (SSSR count). The molecule has 2 aromatic carbocycles. The van der Waals surface area contributed by atoms with Gasteiger partial charge in [0.15, 0.2) is 5.96 Å². The zero-order valence-electron chi connectivity index (χ0n) is 15.4. The van der Waals surface area contributed by atoms with Gasteiger partial charge in [-0.2, -0.15) is 0 Å². The van der Waals surface area contributed by atoms with E-state index < -0.39 is 0 Å². The lowest BCUT2D eigenvalue weighted by molar-refractivity contribution is 0.559. The number of rotatable bonds is 6. The fourth-order valence-corrected chi connectivity index (χ4v) is 3.48. The fourth-order valence-electron chi connectivity index (χ4n) is 3.48. The van der Waals surface area contributed by atoms with E-state index in [0.717, 1.165) is 47.6 Å². The molecule has 1 heterocycles. The van der Waals surface area contributed by atoms with E-state index in [1.165, 1.54) is 6.07 Å². The highest BCUT2D eigenvalue weighted by molar-refractivity contribution is 5.80. The Hall–Kier alpha value is -2.89. The van der Waals surface area contributed by atoms with Crippen LogP contribution in [0, 0.1) is 5.82 Å². The number of aromatic nitrogens is 2. The van der Waals surface area contributed by atoms with Gasteiger partial charge in [0.2, 0.25) is 0 Å². The molecule has 0 saturated heterocycles. The molecule has 0 atom stereocenters. The van der Waals surface area contributed by atoms with Gasteiger partial charge >= 0.3 is 0 Å². The monoisotopic (exact) mass is 365 g/mol. The molecule has 0 aliphatic heterocycles. The maximum absolute atomic E-state index is 14.1. The zero-order valence-corrected chi connectivity index (χ0v) is 15.4. The van der Waals surface area contributed by atoms with Gasteiger partial charge in [-0.25, -0.2) is 9.37 Å². The summed E-state index contributed by atoms with van der Waals surface area (Å²) in [5.41, 5.74) is 2.73. The van der Waals surface area contributed by atoms with Gasteiger partial charge in [-0.3, -0.25) is 4.99 Å². The minimum Gasteiger partial charge on any atom is -0.356 e. The molecule has 3 aromatic rings. The summed E-state index contributed by atoms with van der Waals surface area (Å²) in [7, 11) is 1.75. The smallest absolute Gasteiger partial charge is 0.191 e. The van der Waals surface area contributed by atoms with Crippen LogP contribution in [0.3, 0.4) is 0 Å². The van der Waals surface area contributed by atoms with Gasteiger partial charge in [0.25, 0.3) is 0 Å². The lowest BCUT2D eigenvalue weighted by atomic mass is 9.95. The molecule has 1 saturated carbocycles. The summed E-state index contributed by atoms with van der Waals surface area (Å²) in [5, 5.41) is 6.67. The van der Waals surface area contributed by atoms with Crippen molar-refractivity contribution in [3.05, 3.63) is 65.7 Å². The van der Waals surface area contributed by atoms with Crippen molar-refractivity contribution < 1.29 is 4.39 Å². The van der Waals surface area contributed by atoms with Crippen LogP contribution in [0.5, 0.6) is 0 Å². The third-order valence-corrected chi connectivity index (χ3v) is 5.21. The number of guanidine groups is 1. The van der Waals surface area contributed by atoms with Crippen LogP contribution in [0.1, 0.15) is 24.2 Å². The zero-order chi connectivity index (χ0) is 18.7. The molecule has 27 heavy (non-hydrogen) atoms. The van der Waals surface area contributed by atoms with Crippen LogP contribution in [0.15, 0.2) is 53.5 Å². The van der Waals surface area contributed by atoms with E-state index >= 15 is 0 Å². The van der Waals surface area contributed by atoms with Crippen LogP contribution >= 0.6 is 0 Å². The Morgan fingerprint density at radius 1 is 1.15 bits per heavy atom. The van der Waals surface area contributed by atoms with Gasteiger partial charge in [0.05, 0.1) is 11.0 Å². The molecule has 1 aliphatic carbocycles. The quantitative estimate of drug-likeness (QED) is 0.464. The van der Waals surface area contributed by atoms with Crippen LogP contribution < -0.4 is 10.6 Å². The topological polar surface area (TPSA) is 65.1 Å². The molecular weight excluding hydrogens is 341 g/mol. The normalized spacial score (nSPS) is 15.7. The van der Waals surface area contributed by atoms with Gasteiger partial charge < -0.3 is 15.6 Å². The number of fused-ring (bicyclic) bond motifs is 1. The second-order valence-corrected chi connectivity index (χ2v) is 7.06. The highest BCUT2D eigenvalue weighted by Gasteiger charge is 2.45. The lowest BCUT2D eigenvalue weighted by Gasteiger charge is -2.19. The van der Waals surface area contributed by atoms with Crippen molar-refractivity contribution in [3.63, 3.8) is 0 Å². The third-order valence-electron chi connectivity index (χ3n) is 5.21. The molecule has 140 valence electrons. The second kappa shape index (κ2) is 7.39.